The van der Waals surface area contributed by atoms with Gasteiger partial charge in [0.1, 0.15) is 5.75 Å². The van der Waals surface area contributed by atoms with Crippen LogP contribution < -0.4 is 16.2 Å². The van der Waals surface area contributed by atoms with E-state index in [-0.39, 0.29) is 22.6 Å². The van der Waals surface area contributed by atoms with E-state index in [9.17, 15) is 13.2 Å². The zero-order valence-electron chi connectivity index (χ0n) is 10.7. The highest BCUT2D eigenvalue weighted by atomic mass is 19.4. The Kier molecular flexibility index (Phi) is 3.48. The minimum absolute atomic E-state index is 0.0173. The number of nitrogen functional groups attached to an aromatic ring is 2. The number of alkyl halides is 3. The molecule has 106 valence electrons. The first-order valence-corrected chi connectivity index (χ1v) is 5.74. The summed E-state index contributed by atoms with van der Waals surface area (Å²) >= 11 is 0. The zero-order chi connectivity index (χ0) is 14.9. The molecule has 0 aliphatic rings. The lowest BCUT2D eigenvalue weighted by Crippen LogP contribution is -2.09. The molecule has 2 rings (SSSR count). The van der Waals surface area contributed by atoms with E-state index in [4.69, 9.17) is 16.2 Å². The van der Waals surface area contributed by atoms with Crippen molar-refractivity contribution in [2.45, 2.75) is 6.18 Å². The monoisotopic (exact) mass is 282 g/mol. The van der Waals surface area contributed by atoms with Crippen LogP contribution in [0.5, 0.6) is 5.75 Å². The molecular weight excluding hydrogens is 269 g/mol. The largest absolute Gasteiger partial charge is 0.496 e. The van der Waals surface area contributed by atoms with Crippen molar-refractivity contribution in [3.05, 3.63) is 42.0 Å². The van der Waals surface area contributed by atoms with Gasteiger partial charge in [0.25, 0.3) is 0 Å². The molecule has 0 saturated carbocycles. The van der Waals surface area contributed by atoms with Crippen LogP contribution in [-0.2, 0) is 6.18 Å². The average molecular weight is 282 g/mol. The Morgan fingerprint density at radius 2 is 1.75 bits per heavy atom. The molecule has 0 aromatic heterocycles. The van der Waals surface area contributed by atoms with E-state index in [1.165, 1.54) is 31.4 Å². The van der Waals surface area contributed by atoms with Crippen molar-refractivity contribution in [1.82, 2.24) is 0 Å². The van der Waals surface area contributed by atoms with Gasteiger partial charge in [0.2, 0.25) is 0 Å². The van der Waals surface area contributed by atoms with Crippen molar-refractivity contribution >= 4 is 11.4 Å². The number of anilines is 2. The van der Waals surface area contributed by atoms with Gasteiger partial charge >= 0.3 is 6.18 Å². The molecule has 0 spiro atoms. The Bertz CT molecular complexity index is 639. The summed E-state index contributed by atoms with van der Waals surface area (Å²) in [5.74, 6) is 0.280. The minimum atomic E-state index is -4.51. The minimum Gasteiger partial charge on any atom is -0.496 e. The molecule has 0 radical (unpaired) electrons. The van der Waals surface area contributed by atoms with Crippen LogP contribution in [-0.4, -0.2) is 7.11 Å². The summed E-state index contributed by atoms with van der Waals surface area (Å²) in [5, 5.41) is 0. The molecule has 0 fully saturated rings. The van der Waals surface area contributed by atoms with Gasteiger partial charge in [-0.15, -0.1) is 0 Å². The van der Waals surface area contributed by atoms with Gasteiger partial charge in [-0.3, -0.25) is 0 Å². The molecule has 6 heteroatoms. The van der Waals surface area contributed by atoms with Gasteiger partial charge in [-0.1, -0.05) is 6.07 Å². The SMILES string of the molecule is COc1ccc(N)cc1-c1c(N)cccc1C(F)(F)F. The highest BCUT2D eigenvalue weighted by Gasteiger charge is 2.35. The van der Waals surface area contributed by atoms with Gasteiger partial charge in [-0.2, -0.15) is 13.2 Å². The van der Waals surface area contributed by atoms with Crippen LogP contribution in [0.15, 0.2) is 36.4 Å². The van der Waals surface area contributed by atoms with E-state index < -0.39 is 11.7 Å². The Morgan fingerprint density at radius 1 is 1.05 bits per heavy atom. The van der Waals surface area contributed by atoms with E-state index in [2.05, 4.69) is 0 Å². The number of hydrogen-bond acceptors (Lipinski definition) is 3. The van der Waals surface area contributed by atoms with Crippen molar-refractivity contribution in [2.24, 2.45) is 0 Å². The third kappa shape index (κ3) is 2.49. The molecule has 0 aliphatic heterocycles. The van der Waals surface area contributed by atoms with Crippen molar-refractivity contribution in [1.29, 1.82) is 0 Å². The molecule has 2 aromatic rings. The lowest BCUT2D eigenvalue weighted by molar-refractivity contribution is -0.137. The first-order valence-electron chi connectivity index (χ1n) is 5.74. The van der Waals surface area contributed by atoms with E-state index in [0.29, 0.717) is 5.69 Å². The predicted molar refractivity (Wildman–Crippen MR) is 72.3 cm³/mol. The number of rotatable bonds is 2. The fourth-order valence-electron chi connectivity index (χ4n) is 2.03. The third-order valence-electron chi connectivity index (χ3n) is 2.89. The number of methoxy groups -OCH3 is 1. The van der Waals surface area contributed by atoms with Gasteiger partial charge in [-0.05, 0) is 30.3 Å². The lowest BCUT2D eigenvalue weighted by atomic mass is 9.96. The maximum absolute atomic E-state index is 13.1. The number of nitrogens with two attached hydrogens (primary N) is 2. The van der Waals surface area contributed by atoms with E-state index >= 15 is 0 Å². The Labute approximate surface area is 114 Å². The Morgan fingerprint density at radius 3 is 2.35 bits per heavy atom. The van der Waals surface area contributed by atoms with Crippen LogP contribution >= 0.6 is 0 Å². The Hall–Kier alpha value is -2.37. The number of hydrogen-bond donors (Lipinski definition) is 2. The number of benzene rings is 2. The van der Waals surface area contributed by atoms with Gasteiger partial charge in [-0.25, -0.2) is 0 Å². The van der Waals surface area contributed by atoms with Gasteiger partial charge < -0.3 is 16.2 Å². The molecule has 20 heavy (non-hydrogen) atoms. The average Bonchev–Trinajstić information content (AvgIpc) is 2.37. The van der Waals surface area contributed by atoms with Gasteiger partial charge in [0.05, 0.1) is 12.7 Å². The summed E-state index contributed by atoms with van der Waals surface area (Å²) in [6.07, 6.45) is -4.51. The van der Waals surface area contributed by atoms with Crippen LogP contribution in [0.25, 0.3) is 11.1 Å². The van der Waals surface area contributed by atoms with Crippen LogP contribution in [0, 0.1) is 0 Å². The summed E-state index contributed by atoms with van der Waals surface area (Å²) < 4.78 is 44.5. The summed E-state index contributed by atoms with van der Waals surface area (Å²) in [5.41, 5.74) is 11.0. The maximum atomic E-state index is 13.1. The maximum Gasteiger partial charge on any atom is 0.417 e. The summed E-state index contributed by atoms with van der Waals surface area (Å²) in [4.78, 5) is 0. The quantitative estimate of drug-likeness (QED) is 0.828. The van der Waals surface area contributed by atoms with Crippen molar-refractivity contribution < 1.29 is 17.9 Å². The second-order valence-electron chi connectivity index (χ2n) is 4.23. The summed E-state index contributed by atoms with van der Waals surface area (Å²) in [7, 11) is 1.38. The first-order chi connectivity index (χ1) is 9.34. The molecule has 3 nitrogen and oxygen atoms in total. The second kappa shape index (κ2) is 4.96. The smallest absolute Gasteiger partial charge is 0.417 e. The van der Waals surface area contributed by atoms with Crippen LogP contribution in [0.1, 0.15) is 5.56 Å². The normalized spacial score (nSPS) is 11.4. The topological polar surface area (TPSA) is 61.3 Å². The standard InChI is InChI=1S/C14H13F3N2O/c1-20-12-6-5-8(18)7-9(12)13-10(14(15,16)17)3-2-4-11(13)19/h2-7H,18-19H2,1H3. The Balaban J connectivity index is 2.79. The molecule has 2 aromatic carbocycles. The molecule has 0 saturated heterocycles. The molecular formula is C14H13F3N2O. The number of halogens is 3. The van der Waals surface area contributed by atoms with E-state index in [1.807, 2.05) is 0 Å². The molecule has 0 amide bonds. The van der Waals surface area contributed by atoms with E-state index in [1.54, 1.807) is 6.07 Å². The third-order valence-corrected chi connectivity index (χ3v) is 2.89. The molecule has 0 bridgehead atoms. The fourth-order valence-corrected chi connectivity index (χ4v) is 2.03. The highest BCUT2D eigenvalue weighted by molar-refractivity contribution is 5.85. The van der Waals surface area contributed by atoms with Crippen LogP contribution in [0.2, 0.25) is 0 Å². The highest BCUT2D eigenvalue weighted by Crippen LogP contribution is 2.43. The van der Waals surface area contributed by atoms with E-state index in [0.717, 1.165) is 6.07 Å². The van der Waals surface area contributed by atoms with Gasteiger partial charge in [0, 0.05) is 22.5 Å². The summed E-state index contributed by atoms with van der Waals surface area (Å²) in [6.45, 7) is 0. The van der Waals surface area contributed by atoms with Crippen molar-refractivity contribution in [2.75, 3.05) is 18.6 Å². The number of ether oxygens (including phenoxy) is 1. The predicted octanol–water partition coefficient (Wildman–Crippen LogP) is 3.55. The molecule has 4 N–H and O–H groups in total. The van der Waals surface area contributed by atoms with Crippen molar-refractivity contribution in [3.8, 4) is 16.9 Å². The fraction of sp³-hybridized carbons (Fsp3) is 0.143. The molecule has 0 atom stereocenters. The first kappa shape index (κ1) is 14.0. The molecule has 0 aliphatic carbocycles. The van der Waals surface area contributed by atoms with Crippen LogP contribution in [0.4, 0.5) is 24.5 Å². The van der Waals surface area contributed by atoms with Gasteiger partial charge in [0.15, 0.2) is 0 Å². The summed E-state index contributed by atoms with van der Waals surface area (Å²) in [6, 6.07) is 8.13. The van der Waals surface area contributed by atoms with Crippen LogP contribution in [0.3, 0.4) is 0 Å². The zero-order valence-corrected chi connectivity index (χ0v) is 10.7. The lowest BCUT2D eigenvalue weighted by Gasteiger charge is -2.17. The second-order valence-corrected chi connectivity index (χ2v) is 4.23. The van der Waals surface area contributed by atoms with Crippen molar-refractivity contribution in [3.63, 3.8) is 0 Å². The molecule has 0 heterocycles. The molecule has 0 unspecified atom stereocenters.